The van der Waals surface area contributed by atoms with Crippen LogP contribution in [-0.2, 0) is 0 Å². The van der Waals surface area contributed by atoms with Crippen molar-refractivity contribution in [3.05, 3.63) is 175 Å². The van der Waals surface area contributed by atoms with Crippen LogP contribution in [0.5, 0.6) is 0 Å². The molecule has 0 atom stereocenters. The number of nitriles is 1. The Labute approximate surface area is 277 Å². The maximum atomic E-state index is 10.0. The fourth-order valence-electron chi connectivity index (χ4n) is 7.29. The zero-order valence-electron chi connectivity index (χ0n) is 25.8. The third kappa shape index (κ3) is 4.14. The van der Waals surface area contributed by atoms with Gasteiger partial charge < -0.3 is 9.13 Å². The molecule has 9 rings (SSSR count). The summed E-state index contributed by atoms with van der Waals surface area (Å²) in [5.74, 6) is 0. The summed E-state index contributed by atoms with van der Waals surface area (Å²) in [5.41, 5.74) is 11.8. The van der Waals surface area contributed by atoms with Crippen molar-refractivity contribution in [3.63, 3.8) is 0 Å². The molecule has 9 aromatic rings. The van der Waals surface area contributed by atoms with Gasteiger partial charge in [0.05, 0.1) is 46.0 Å². The van der Waals surface area contributed by atoms with Gasteiger partial charge in [-0.05, 0) is 82.7 Å². The maximum absolute atomic E-state index is 10.0. The van der Waals surface area contributed by atoms with Crippen molar-refractivity contribution in [2.24, 2.45) is 0 Å². The zero-order chi connectivity index (χ0) is 32.2. The van der Waals surface area contributed by atoms with Crippen LogP contribution in [0.3, 0.4) is 0 Å². The number of aromatic nitrogens is 2. The van der Waals surface area contributed by atoms with Gasteiger partial charge in [0.2, 0.25) is 0 Å². The van der Waals surface area contributed by atoms with Gasteiger partial charge in [-0.25, -0.2) is 4.85 Å². The van der Waals surface area contributed by atoms with Crippen molar-refractivity contribution in [2.45, 2.75) is 0 Å². The van der Waals surface area contributed by atoms with Crippen molar-refractivity contribution < 1.29 is 0 Å². The molecule has 0 radical (unpaired) electrons. The maximum Gasteiger partial charge on any atom is 0.188 e. The summed E-state index contributed by atoms with van der Waals surface area (Å²) >= 11 is 0. The highest BCUT2D eigenvalue weighted by atomic mass is 15.0. The van der Waals surface area contributed by atoms with Crippen LogP contribution in [0.15, 0.2) is 158 Å². The van der Waals surface area contributed by atoms with Crippen LogP contribution < -0.4 is 0 Å². The Balaban J connectivity index is 1.29. The van der Waals surface area contributed by atoms with E-state index < -0.39 is 0 Å². The van der Waals surface area contributed by atoms with E-state index in [2.05, 4.69) is 141 Å². The molecule has 0 aliphatic carbocycles. The second-order valence-electron chi connectivity index (χ2n) is 12.0. The quantitative estimate of drug-likeness (QED) is 0.183. The normalized spacial score (nSPS) is 11.3. The van der Waals surface area contributed by atoms with Crippen LogP contribution in [0.25, 0.3) is 82.1 Å². The molecule has 0 N–H and O–H groups in total. The van der Waals surface area contributed by atoms with E-state index in [9.17, 15) is 5.26 Å². The Hall–Kier alpha value is -6.88. The minimum atomic E-state index is 0.608. The zero-order valence-corrected chi connectivity index (χ0v) is 25.8. The lowest BCUT2D eigenvalue weighted by Gasteiger charge is -2.18. The predicted molar refractivity (Wildman–Crippen MR) is 197 cm³/mol. The highest BCUT2D eigenvalue weighted by Gasteiger charge is 2.19. The van der Waals surface area contributed by atoms with E-state index >= 15 is 0 Å². The second kappa shape index (κ2) is 10.9. The van der Waals surface area contributed by atoms with Crippen LogP contribution in [0.4, 0.5) is 5.69 Å². The molecule has 48 heavy (non-hydrogen) atoms. The molecule has 0 amide bonds. The Bertz CT molecular complexity index is 2760. The number of hydrogen-bond acceptors (Lipinski definition) is 1. The standard InChI is InChI=1S/C44H26N4/c1-46-31-22-24-44-39(27-31)37-16-5-9-20-43(37)48(44)42-19-8-2-13-34(42)33-23-21-29(28-45)25-38(33)30-11-10-12-32(26-30)47-40-17-6-3-14-35(40)36-15-4-7-18-41(36)47/h2-27H. The molecule has 222 valence electrons. The molecule has 7 aromatic carbocycles. The van der Waals surface area contributed by atoms with Gasteiger partial charge in [0.25, 0.3) is 0 Å². The van der Waals surface area contributed by atoms with Crippen LogP contribution in [0.2, 0.25) is 0 Å². The fourth-order valence-corrected chi connectivity index (χ4v) is 7.29. The Morgan fingerprint density at radius 3 is 1.81 bits per heavy atom. The Morgan fingerprint density at radius 2 is 1.10 bits per heavy atom. The third-order valence-electron chi connectivity index (χ3n) is 9.36. The number of rotatable bonds is 4. The molecule has 0 unspecified atom stereocenters. The average Bonchev–Trinajstić information content (AvgIpc) is 3.67. The minimum Gasteiger partial charge on any atom is -0.309 e. The van der Waals surface area contributed by atoms with Crippen LogP contribution in [0.1, 0.15) is 5.56 Å². The van der Waals surface area contributed by atoms with E-state index in [1.54, 1.807) is 0 Å². The highest BCUT2D eigenvalue weighted by molar-refractivity contribution is 6.11. The van der Waals surface area contributed by atoms with Crippen molar-refractivity contribution in [1.29, 1.82) is 5.26 Å². The first-order valence-corrected chi connectivity index (χ1v) is 15.9. The molecule has 0 aliphatic heterocycles. The molecule has 0 bridgehead atoms. The number of hydrogen-bond donors (Lipinski definition) is 0. The van der Waals surface area contributed by atoms with E-state index in [0.29, 0.717) is 11.3 Å². The fraction of sp³-hybridized carbons (Fsp3) is 0. The van der Waals surface area contributed by atoms with Gasteiger partial charge >= 0.3 is 0 Å². The Morgan fingerprint density at radius 1 is 0.479 bits per heavy atom. The molecule has 4 nitrogen and oxygen atoms in total. The summed E-state index contributed by atoms with van der Waals surface area (Å²) in [6, 6.07) is 56.8. The van der Waals surface area contributed by atoms with Crippen molar-refractivity contribution in [3.8, 4) is 39.7 Å². The van der Waals surface area contributed by atoms with E-state index in [0.717, 1.165) is 66.5 Å². The smallest absolute Gasteiger partial charge is 0.188 e. The summed E-state index contributed by atoms with van der Waals surface area (Å²) in [4.78, 5) is 3.71. The molecule has 0 saturated heterocycles. The van der Waals surface area contributed by atoms with Gasteiger partial charge in [0, 0.05) is 27.4 Å². The van der Waals surface area contributed by atoms with Gasteiger partial charge in [-0.2, -0.15) is 5.26 Å². The number of nitrogens with zero attached hydrogens (tertiary/aromatic N) is 4. The van der Waals surface area contributed by atoms with Crippen molar-refractivity contribution >= 4 is 49.3 Å². The summed E-state index contributed by atoms with van der Waals surface area (Å²) in [6.07, 6.45) is 0. The molecule has 2 aromatic heterocycles. The lowest BCUT2D eigenvalue weighted by atomic mass is 9.91. The monoisotopic (exact) mass is 610 g/mol. The van der Waals surface area contributed by atoms with E-state index in [1.165, 1.54) is 10.8 Å². The van der Waals surface area contributed by atoms with E-state index in [1.807, 2.05) is 36.4 Å². The van der Waals surface area contributed by atoms with E-state index in [-0.39, 0.29) is 0 Å². The molecular formula is C44H26N4. The van der Waals surface area contributed by atoms with Gasteiger partial charge in [0.15, 0.2) is 5.69 Å². The minimum absolute atomic E-state index is 0.608. The summed E-state index contributed by atoms with van der Waals surface area (Å²) in [5, 5.41) is 14.6. The molecule has 0 saturated carbocycles. The highest BCUT2D eigenvalue weighted by Crippen LogP contribution is 2.41. The van der Waals surface area contributed by atoms with Gasteiger partial charge in [0.1, 0.15) is 0 Å². The second-order valence-corrected chi connectivity index (χ2v) is 12.0. The SMILES string of the molecule is [C-]#[N+]c1ccc2c(c1)c1ccccc1n2-c1ccccc1-c1ccc(C#N)cc1-c1cccc(-n2c3ccccc3c3ccccc32)c1. The molecular weight excluding hydrogens is 585 g/mol. The summed E-state index contributed by atoms with van der Waals surface area (Å²) in [7, 11) is 0. The summed E-state index contributed by atoms with van der Waals surface area (Å²) in [6.45, 7) is 7.62. The molecule has 0 aliphatic rings. The lowest BCUT2D eigenvalue weighted by molar-refractivity contribution is 1.18. The van der Waals surface area contributed by atoms with Crippen LogP contribution in [0, 0.1) is 17.9 Å². The van der Waals surface area contributed by atoms with Crippen LogP contribution in [-0.4, -0.2) is 9.13 Å². The Kier molecular flexibility index (Phi) is 6.22. The first-order chi connectivity index (χ1) is 23.7. The van der Waals surface area contributed by atoms with Gasteiger partial charge in [-0.1, -0.05) is 97.1 Å². The first-order valence-electron chi connectivity index (χ1n) is 15.9. The van der Waals surface area contributed by atoms with Crippen molar-refractivity contribution in [2.75, 3.05) is 0 Å². The molecule has 4 heteroatoms. The summed E-state index contributed by atoms with van der Waals surface area (Å²) < 4.78 is 4.62. The first kappa shape index (κ1) is 27.4. The third-order valence-corrected chi connectivity index (χ3v) is 9.36. The predicted octanol–water partition coefficient (Wildman–Crippen LogP) is 11.6. The number of benzene rings is 7. The largest absolute Gasteiger partial charge is 0.309 e. The molecule has 0 spiro atoms. The van der Waals surface area contributed by atoms with Gasteiger partial charge in [-0.15, -0.1) is 0 Å². The van der Waals surface area contributed by atoms with Crippen LogP contribution >= 0.6 is 0 Å². The topological polar surface area (TPSA) is 38.0 Å². The van der Waals surface area contributed by atoms with Crippen molar-refractivity contribution in [1.82, 2.24) is 9.13 Å². The molecule has 0 fully saturated rings. The average molecular weight is 611 g/mol. The number of para-hydroxylation sites is 4. The molecule has 2 heterocycles. The van der Waals surface area contributed by atoms with E-state index in [4.69, 9.17) is 6.57 Å². The number of fused-ring (bicyclic) bond motifs is 6. The van der Waals surface area contributed by atoms with Gasteiger partial charge in [-0.3, -0.25) is 0 Å². The lowest BCUT2D eigenvalue weighted by Crippen LogP contribution is -1.99.